The zero-order chi connectivity index (χ0) is 19.7. The summed E-state index contributed by atoms with van der Waals surface area (Å²) in [6.07, 6.45) is 1.31. The van der Waals surface area contributed by atoms with Gasteiger partial charge in [-0.25, -0.2) is 15.0 Å². The van der Waals surface area contributed by atoms with E-state index in [1.165, 1.54) is 17.2 Å². The minimum atomic E-state index is -1.16. The second kappa shape index (κ2) is 8.98. The van der Waals surface area contributed by atoms with Crippen molar-refractivity contribution in [2.45, 2.75) is 37.0 Å². The molecule has 13 heteroatoms. The van der Waals surface area contributed by atoms with Crippen LogP contribution in [0.5, 0.6) is 0 Å². The van der Waals surface area contributed by atoms with Gasteiger partial charge in [0.05, 0.1) is 12.6 Å². The lowest BCUT2D eigenvalue weighted by atomic mass is 10.1. The number of anilines is 1. The van der Waals surface area contributed by atoms with Gasteiger partial charge in [0.2, 0.25) is 0 Å². The third kappa shape index (κ3) is 4.34. The lowest BCUT2D eigenvalue weighted by Crippen LogP contribution is -2.37. The molecule has 8 N–H and O–H groups in total. The second-order valence-electron chi connectivity index (χ2n) is 6.51. The molecule has 0 radical (unpaired) electrons. The van der Waals surface area contributed by atoms with Gasteiger partial charge in [-0.05, 0) is 10.9 Å². The van der Waals surface area contributed by atoms with E-state index in [0.29, 0.717) is 29.1 Å². The van der Waals surface area contributed by atoms with Crippen molar-refractivity contribution in [1.29, 1.82) is 0 Å². The molecule has 2 aromatic heterocycles. The van der Waals surface area contributed by atoms with Crippen LogP contribution in [0, 0.1) is 0 Å². The number of nitrogens with two attached hydrogens (primary N) is 2. The molecule has 0 bridgehead atoms. The fraction of sp³-hybridized carbons (Fsp3) is 0.600. The minimum Gasteiger partial charge on any atom is -0.870 e. The Labute approximate surface area is 163 Å². The van der Waals surface area contributed by atoms with Crippen molar-refractivity contribution in [3.8, 4) is 0 Å². The number of aliphatic hydroxyl groups excluding tert-OH is 2. The van der Waals surface area contributed by atoms with E-state index in [4.69, 9.17) is 21.3 Å². The van der Waals surface area contributed by atoms with E-state index in [2.05, 4.69) is 15.0 Å². The number of aliphatic carboxylic acids is 1. The fourth-order valence-electron chi connectivity index (χ4n) is 2.97. The minimum absolute atomic E-state index is 0. The predicted octanol–water partition coefficient (Wildman–Crippen LogP) is -2.10. The Hall–Kier alpha value is -2.03. The number of carbonyl (C=O) groups is 1. The number of nitrogen functional groups attached to an aromatic ring is 1. The largest absolute Gasteiger partial charge is 0.870 e. The molecule has 0 spiro atoms. The van der Waals surface area contributed by atoms with Gasteiger partial charge >= 0.3 is 5.97 Å². The standard InChI is InChI=1S/C15H22N6O5S.H2O/c1-27(3-2-7(16)15(24)25)4-8-10(22)11(23)14(26-8)21-6-20-9-12(17)18-5-19-13(9)21;/h5-8,10-11,14,22-23H,2-4,16H2,1H3,(H2-,17,18,19,24,25);1H2/t7?,8-,10-,11-,14-,27+;/m1./s1. The Morgan fingerprint density at radius 1 is 1.36 bits per heavy atom. The van der Waals surface area contributed by atoms with Crippen LogP contribution in [0.4, 0.5) is 5.82 Å². The lowest BCUT2D eigenvalue weighted by Gasteiger charge is -2.16. The molecule has 3 heterocycles. The zero-order valence-electron chi connectivity index (χ0n) is 15.1. The predicted molar refractivity (Wildman–Crippen MR) is 101 cm³/mol. The number of hydrogen-bond acceptors (Lipinski definition) is 10. The first-order valence-electron chi connectivity index (χ1n) is 8.31. The molecule has 1 aliphatic heterocycles. The molecule has 28 heavy (non-hydrogen) atoms. The molecule has 0 aliphatic carbocycles. The van der Waals surface area contributed by atoms with Gasteiger partial charge in [0.25, 0.3) is 0 Å². The molecule has 156 valence electrons. The highest BCUT2D eigenvalue weighted by Gasteiger charge is 2.46. The Bertz CT molecular complexity index is 821. The van der Waals surface area contributed by atoms with Crippen molar-refractivity contribution in [3.05, 3.63) is 12.7 Å². The normalized spacial score (nSPS) is 26.7. The molecule has 0 saturated carbocycles. The summed E-state index contributed by atoms with van der Waals surface area (Å²) in [5.74, 6) is 0.254. The highest BCUT2D eigenvalue weighted by molar-refractivity contribution is 7.96. The van der Waals surface area contributed by atoms with E-state index in [-0.39, 0.29) is 22.2 Å². The smallest absolute Gasteiger partial charge is 0.320 e. The van der Waals surface area contributed by atoms with Gasteiger partial charge in [0, 0.05) is 6.42 Å². The molecule has 1 saturated heterocycles. The summed E-state index contributed by atoms with van der Waals surface area (Å²) >= 11 is 0. The third-order valence-corrected chi connectivity index (χ3v) is 6.37. The van der Waals surface area contributed by atoms with E-state index < -0.39 is 36.6 Å². The molecule has 1 aliphatic rings. The van der Waals surface area contributed by atoms with E-state index in [1.807, 2.05) is 6.26 Å². The van der Waals surface area contributed by atoms with Crippen molar-refractivity contribution in [2.75, 3.05) is 23.5 Å². The summed E-state index contributed by atoms with van der Waals surface area (Å²) in [7, 11) is -0.235. The topological polar surface area (TPSA) is 213 Å². The first-order chi connectivity index (χ1) is 12.8. The summed E-state index contributed by atoms with van der Waals surface area (Å²) in [6.45, 7) is 0. The van der Waals surface area contributed by atoms with Crippen LogP contribution in [0.2, 0.25) is 0 Å². The summed E-state index contributed by atoms with van der Waals surface area (Å²) in [5.41, 5.74) is 12.1. The average molecular weight is 416 g/mol. The number of imidazole rings is 1. The molecule has 0 aromatic carbocycles. The van der Waals surface area contributed by atoms with Crippen LogP contribution in [-0.2, 0) is 20.4 Å². The summed E-state index contributed by atoms with van der Waals surface area (Å²) in [6, 6.07) is -0.907. The van der Waals surface area contributed by atoms with Crippen LogP contribution in [0.25, 0.3) is 11.2 Å². The van der Waals surface area contributed by atoms with Crippen LogP contribution in [-0.4, -0.2) is 88.4 Å². The highest BCUT2D eigenvalue weighted by Crippen LogP contribution is 2.32. The number of carboxylic acid groups (broad SMARTS) is 1. The summed E-state index contributed by atoms with van der Waals surface area (Å²) in [5, 5.41) is 29.7. The molecule has 6 atom stereocenters. The molecular formula is C15H24N6O6S. The zero-order valence-corrected chi connectivity index (χ0v) is 15.9. The Balaban J connectivity index is 0.00000280. The monoisotopic (exact) mass is 416 g/mol. The van der Waals surface area contributed by atoms with Crippen LogP contribution in [0.1, 0.15) is 12.6 Å². The number of fused-ring (bicyclic) bond motifs is 1. The van der Waals surface area contributed by atoms with E-state index in [0.717, 1.165) is 0 Å². The highest BCUT2D eigenvalue weighted by atomic mass is 32.2. The maximum Gasteiger partial charge on any atom is 0.320 e. The van der Waals surface area contributed by atoms with Gasteiger partial charge in [-0.2, -0.15) is 0 Å². The van der Waals surface area contributed by atoms with Crippen molar-refractivity contribution < 1.29 is 30.3 Å². The molecule has 12 nitrogen and oxygen atoms in total. The number of rotatable bonds is 7. The van der Waals surface area contributed by atoms with E-state index in [9.17, 15) is 15.0 Å². The van der Waals surface area contributed by atoms with Gasteiger partial charge in [-0.1, -0.05) is 0 Å². The van der Waals surface area contributed by atoms with Crippen LogP contribution in [0.3, 0.4) is 0 Å². The van der Waals surface area contributed by atoms with Crippen molar-refractivity contribution in [2.24, 2.45) is 5.73 Å². The molecule has 3 rings (SSSR count). The van der Waals surface area contributed by atoms with Crippen LogP contribution >= 0.6 is 0 Å². The third-order valence-electron chi connectivity index (χ3n) is 4.54. The first-order valence-corrected chi connectivity index (χ1v) is 10.3. The SMILES string of the molecule is C[S@@+](CCC(N)C(=O)O)C[C@H]1O[C@@H](n2cnc3c(N)ncnc32)[C@H](O)[C@@H]1O.[OH-]. The Morgan fingerprint density at radius 3 is 2.75 bits per heavy atom. The van der Waals surface area contributed by atoms with Crippen molar-refractivity contribution in [1.82, 2.24) is 19.5 Å². The van der Waals surface area contributed by atoms with Gasteiger partial charge in [-0.3, -0.25) is 9.36 Å². The number of carboxylic acids is 1. The quantitative estimate of drug-likeness (QED) is 0.308. The van der Waals surface area contributed by atoms with Crippen molar-refractivity contribution >= 4 is 33.8 Å². The van der Waals surface area contributed by atoms with Gasteiger partial charge in [0.15, 0.2) is 17.7 Å². The molecule has 2 aromatic rings. The van der Waals surface area contributed by atoms with Crippen molar-refractivity contribution in [3.63, 3.8) is 0 Å². The maximum atomic E-state index is 10.8. The average Bonchev–Trinajstić information content (AvgIpc) is 3.17. The maximum absolute atomic E-state index is 10.8. The number of hydrogen-bond donors (Lipinski definition) is 5. The second-order valence-corrected chi connectivity index (χ2v) is 8.82. The Kier molecular flexibility index (Phi) is 7.14. The first kappa shape index (κ1) is 22.3. The summed E-state index contributed by atoms with van der Waals surface area (Å²) in [4.78, 5) is 23.0. The number of aromatic nitrogens is 4. The van der Waals surface area contributed by atoms with Crippen LogP contribution in [0.15, 0.2) is 12.7 Å². The number of nitrogens with zero attached hydrogens (tertiary/aromatic N) is 4. The Morgan fingerprint density at radius 2 is 2.07 bits per heavy atom. The van der Waals surface area contributed by atoms with Gasteiger partial charge in [-0.15, -0.1) is 0 Å². The number of ether oxygens (including phenoxy) is 1. The van der Waals surface area contributed by atoms with E-state index in [1.54, 1.807) is 0 Å². The molecular weight excluding hydrogens is 392 g/mol. The van der Waals surface area contributed by atoms with E-state index >= 15 is 0 Å². The molecule has 1 unspecified atom stereocenters. The van der Waals surface area contributed by atoms with Crippen LogP contribution < -0.4 is 11.5 Å². The molecule has 1 fully saturated rings. The lowest BCUT2D eigenvalue weighted by molar-refractivity contribution is -0.138. The number of aliphatic hydroxyl groups is 2. The summed E-state index contributed by atoms with van der Waals surface area (Å²) < 4.78 is 7.41. The van der Waals surface area contributed by atoms with Gasteiger partial charge < -0.3 is 37.0 Å². The van der Waals surface area contributed by atoms with Gasteiger partial charge in [0.1, 0.15) is 47.7 Å². The molecule has 0 amide bonds. The fourth-order valence-corrected chi connectivity index (χ4v) is 4.63.